The first-order valence-electron chi connectivity index (χ1n) is 8.12. The Morgan fingerprint density at radius 1 is 1.28 bits per heavy atom. The maximum Gasteiger partial charge on any atom is 0.0337 e. The van der Waals surface area contributed by atoms with E-state index in [2.05, 4.69) is 37.9 Å². The molecule has 106 valence electrons. The molecule has 2 fully saturated rings. The van der Waals surface area contributed by atoms with Crippen molar-refractivity contribution in [2.45, 2.75) is 83.8 Å². The quantitative estimate of drug-likeness (QED) is 0.779. The molecule has 2 heteroatoms. The third-order valence-electron chi connectivity index (χ3n) is 5.15. The first-order valence-corrected chi connectivity index (χ1v) is 8.12. The van der Waals surface area contributed by atoms with Crippen LogP contribution in [0.3, 0.4) is 0 Å². The van der Waals surface area contributed by atoms with E-state index in [1.165, 1.54) is 51.6 Å². The molecule has 2 aliphatic rings. The van der Waals surface area contributed by atoms with Crippen LogP contribution >= 0.6 is 0 Å². The van der Waals surface area contributed by atoms with Gasteiger partial charge in [0.05, 0.1) is 0 Å². The zero-order chi connectivity index (χ0) is 13.2. The van der Waals surface area contributed by atoms with Crippen molar-refractivity contribution in [3.63, 3.8) is 0 Å². The van der Waals surface area contributed by atoms with Gasteiger partial charge in [-0.1, -0.05) is 26.7 Å². The fourth-order valence-corrected chi connectivity index (χ4v) is 3.85. The molecule has 0 aromatic carbocycles. The number of piperazine rings is 1. The van der Waals surface area contributed by atoms with Gasteiger partial charge in [0, 0.05) is 30.7 Å². The minimum Gasteiger partial charge on any atom is -0.311 e. The molecule has 3 unspecified atom stereocenters. The van der Waals surface area contributed by atoms with Crippen molar-refractivity contribution in [2.75, 3.05) is 13.1 Å². The summed E-state index contributed by atoms with van der Waals surface area (Å²) in [5, 5.41) is 3.82. The Labute approximate surface area is 114 Å². The fourth-order valence-electron chi connectivity index (χ4n) is 3.85. The third-order valence-corrected chi connectivity index (χ3v) is 5.15. The molecule has 0 amide bonds. The first kappa shape index (κ1) is 14.3. The Morgan fingerprint density at radius 3 is 2.56 bits per heavy atom. The van der Waals surface area contributed by atoms with E-state index in [9.17, 15) is 0 Å². The molecule has 3 atom stereocenters. The average Bonchev–Trinajstić information content (AvgIpc) is 3.16. The number of hydrogen-bond donors (Lipinski definition) is 1. The molecule has 0 aromatic heterocycles. The Balaban J connectivity index is 2.05. The van der Waals surface area contributed by atoms with Gasteiger partial charge in [0.2, 0.25) is 0 Å². The van der Waals surface area contributed by atoms with E-state index in [1.807, 2.05) is 0 Å². The summed E-state index contributed by atoms with van der Waals surface area (Å²) in [6.45, 7) is 12.0. The van der Waals surface area contributed by atoms with Crippen molar-refractivity contribution >= 4 is 0 Å². The van der Waals surface area contributed by atoms with Crippen molar-refractivity contribution < 1.29 is 0 Å². The molecule has 0 bridgehead atoms. The molecule has 0 aromatic rings. The van der Waals surface area contributed by atoms with Crippen LogP contribution in [0.5, 0.6) is 0 Å². The van der Waals surface area contributed by atoms with E-state index in [1.54, 1.807) is 0 Å². The second-order valence-electron chi connectivity index (χ2n) is 6.79. The maximum absolute atomic E-state index is 3.82. The van der Waals surface area contributed by atoms with Gasteiger partial charge < -0.3 is 5.32 Å². The van der Waals surface area contributed by atoms with Gasteiger partial charge in [0.15, 0.2) is 0 Å². The summed E-state index contributed by atoms with van der Waals surface area (Å²) in [6.07, 6.45) is 8.19. The predicted octanol–water partition coefficient (Wildman–Crippen LogP) is 3.42. The maximum atomic E-state index is 3.82. The third kappa shape index (κ3) is 2.91. The minimum absolute atomic E-state index is 0.429. The van der Waals surface area contributed by atoms with Crippen LogP contribution in [0.4, 0.5) is 0 Å². The second-order valence-corrected chi connectivity index (χ2v) is 6.79. The van der Waals surface area contributed by atoms with Gasteiger partial charge in [-0.3, -0.25) is 4.90 Å². The molecule has 1 heterocycles. The number of rotatable bonds is 6. The van der Waals surface area contributed by atoms with Gasteiger partial charge in [-0.25, -0.2) is 0 Å². The van der Waals surface area contributed by atoms with Gasteiger partial charge in [-0.2, -0.15) is 0 Å². The van der Waals surface area contributed by atoms with Crippen LogP contribution in [0.15, 0.2) is 0 Å². The van der Waals surface area contributed by atoms with E-state index in [4.69, 9.17) is 0 Å². The van der Waals surface area contributed by atoms with Gasteiger partial charge >= 0.3 is 0 Å². The van der Waals surface area contributed by atoms with Crippen LogP contribution in [-0.4, -0.2) is 35.6 Å². The zero-order valence-corrected chi connectivity index (χ0v) is 12.8. The summed E-state index contributed by atoms with van der Waals surface area (Å²) in [6, 6.07) is 1.48. The van der Waals surface area contributed by atoms with E-state index in [-0.39, 0.29) is 0 Å². The Bertz CT molecular complexity index is 262. The standard InChI is InChI=1S/C16H32N2/c1-5-7-13(3)18-11-15(8-6-2)17-12-16(18,4)14-9-10-14/h13-15,17H,5-12H2,1-4H3. The number of hydrogen-bond acceptors (Lipinski definition) is 2. The fraction of sp³-hybridized carbons (Fsp3) is 1.00. The van der Waals surface area contributed by atoms with Gasteiger partial charge in [-0.15, -0.1) is 0 Å². The minimum atomic E-state index is 0.429. The predicted molar refractivity (Wildman–Crippen MR) is 78.9 cm³/mol. The molecule has 0 radical (unpaired) electrons. The van der Waals surface area contributed by atoms with E-state index in [0.717, 1.165) is 18.0 Å². The molecule has 1 saturated heterocycles. The lowest BCUT2D eigenvalue weighted by atomic mass is 9.86. The summed E-state index contributed by atoms with van der Waals surface area (Å²) in [7, 11) is 0. The lowest BCUT2D eigenvalue weighted by molar-refractivity contribution is -0.000629. The normalized spacial score (nSPS) is 35.7. The van der Waals surface area contributed by atoms with Gasteiger partial charge in [0.25, 0.3) is 0 Å². The highest BCUT2D eigenvalue weighted by Gasteiger charge is 2.49. The van der Waals surface area contributed by atoms with Gasteiger partial charge in [0.1, 0.15) is 0 Å². The largest absolute Gasteiger partial charge is 0.311 e. The molecular formula is C16H32N2. The Morgan fingerprint density at radius 2 is 2.00 bits per heavy atom. The Kier molecular flexibility index (Phi) is 4.71. The summed E-state index contributed by atoms with van der Waals surface area (Å²) < 4.78 is 0. The molecule has 2 nitrogen and oxygen atoms in total. The SMILES string of the molecule is CCCC1CN(C(C)CCC)C(C)(C2CC2)CN1. The lowest BCUT2D eigenvalue weighted by Crippen LogP contribution is -2.66. The molecule has 2 rings (SSSR count). The van der Waals surface area contributed by atoms with E-state index < -0.39 is 0 Å². The van der Waals surface area contributed by atoms with Crippen LogP contribution in [-0.2, 0) is 0 Å². The summed E-state index contributed by atoms with van der Waals surface area (Å²) >= 11 is 0. The van der Waals surface area contributed by atoms with E-state index in [0.29, 0.717) is 5.54 Å². The second kappa shape index (κ2) is 5.92. The van der Waals surface area contributed by atoms with Crippen LogP contribution in [0.25, 0.3) is 0 Å². The molecule has 1 N–H and O–H groups in total. The topological polar surface area (TPSA) is 15.3 Å². The van der Waals surface area contributed by atoms with Gasteiger partial charge in [-0.05, 0) is 45.4 Å². The van der Waals surface area contributed by atoms with Crippen LogP contribution in [0.1, 0.15) is 66.2 Å². The van der Waals surface area contributed by atoms with Crippen molar-refractivity contribution in [3.05, 3.63) is 0 Å². The molecule has 1 saturated carbocycles. The van der Waals surface area contributed by atoms with Crippen molar-refractivity contribution in [1.82, 2.24) is 10.2 Å². The van der Waals surface area contributed by atoms with Crippen molar-refractivity contribution in [3.8, 4) is 0 Å². The molecule has 18 heavy (non-hydrogen) atoms. The van der Waals surface area contributed by atoms with Crippen molar-refractivity contribution in [1.29, 1.82) is 0 Å². The Hall–Kier alpha value is -0.0800. The zero-order valence-electron chi connectivity index (χ0n) is 12.8. The molecule has 1 aliphatic carbocycles. The first-order chi connectivity index (χ1) is 8.61. The van der Waals surface area contributed by atoms with Crippen LogP contribution < -0.4 is 5.32 Å². The summed E-state index contributed by atoms with van der Waals surface area (Å²) in [4.78, 5) is 2.85. The highest BCUT2D eigenvalue weighted by atomic mass is 15.3. The summed E-state index contributed by atoms with van der Waals surface area (Å²) in [5.41, 5.74) is 0.429. The highest BCUT2D eigenvalue weighted by molar-refractivity contribution is 5.06. The molecule has 0 spiro atoms. The summed E-state index contributed by atoms with van der Waals surface area (Å²) in [5.74, 6) is 0.951. The lowest BCUT2D eigenvalue weighted by Gasteiger charge is -2.51. The molecule has 1 aliphatic heterocycles. The molecular weight excluding hydrogens is 220 g/mol. The number of nitrogens with one attached hydrogen (secondary N) is 1. The van der Waals surface area contributed by atoms with Crippen LogP contribution in [0, 0.1) is 5.92 Å². The smallest absolute Gasteiger partial charge is 0.0337 e. The average molecular weight is 252 g/mol. The number of nitrogens with zero attached hydrogens (tertiary/aromatic N) is 1. The van der Waals surface area contributed by atoms with Crippen LogP contribution in [0.2, 0.25) is 0 Å². The van der Waals surface area contributed by atoms with Crippen molar-refractivity contribution in [2.24, 2.45) is 5.92 Å². The monoisotopic (exact) mass is 252 g/mol. The van der Waals surface area contributed by atoms with E-state index >= 15 is 0 Å². The highest BCUT2D eigenvalue weighted by Crippen LogP contribution is 2.45.